The second-order valence-corrected chi connectivity index (χ2v) is 2.95. The highest BCUT2D eigenvalue weighted by atomic mass is 16.4. The second-order valence-electron chi connectivity index (χ2n) is 2.95. The first-order chi connectivity index (χ1) is 6.15. The molecular formula is C9H13NO3. The molecule has 0 amide bonds. The zero-order chi connectivity index (χ0) is 9.84. The van der Waals surface area contributed by atoms with Crippen LogP contribution in [0.15, 0.2) is 18.3 Å². The normalized spacial score (nSPS) is 15.4. The topological polar surface area (TPSA) is 73.6 Å². The van der Waals surface area contributed by atoms with Crippen molar-refractivity contribution in [2.45, 2.75) is 19.1 Å². The summed E-state index contributed by atoms with van der Waals surface area (Å²) in [5.41, 5.74) is 1.33. The van der Waals surface area contributed by atoms with Crippen LogP contribution in [0.5, 0.6) is 0 Å². The highest BCUT2D eigenvalue weighted by molar-refractivity contribution is 5.16. The van der Waals surface area contributed by atoms with Crippen LogP contribution >= 0.6 is 0 Å². The van der Waals surface area contributed by atoms with Crippen molar-refractivity contribution in [1.82, 2.24) is 4.98 Å². The lowest BCUT2D eigenvalue weighted by Gasteiger charge is -2.14. The van der Waals surface area contributed by atoms with Crippen LogP contribution in [0.2, 0.25) is 0 Å². The number of nitrogens with zero attached hydrogens (tertiary/aromatic N) is 1. The standard InChI is InChI=1S/C9H13NO3/c1-6-2-3-10-7(4-6)9(13)8(12)5-11/h2-4,8-9,11-13H,5H2,1H3. The minimum atomic E-state index is -1.17. The summed E-state index contributed by atoms with van der Waals surface area (Å²) in [6.45, 7) is 1.39. The molecule has 72 valence electrons. The molecule has 0 radical (unpaired) electrons. The van der Waals surface area contributed by atoms with E-state index in [0.29, 0.717) is 5.69 Å². The molecule has 1 aromatic rings. The summed E-state index contributed by atoms with van der Waals surface area (Å²) in [5.74, 6) is 0. The fourth-order valence-electron chi connectivity index (χ4n) is 1.02. The van der Waals surface area contributed by atoms with E-state index in [9.17, 15) is 5.11 Å². The first-order valence-corrected chi connectivity index (χ1v) is 4.04. The maximum absolute atomic E-state index is 9.44. The molecule has 0 aliphatic rings. The van der Waals surface area contributed by atoms with E-state index in [1.54, 1.807) is 18.3 Å². The molecule has 0 bridgehead atoms. The van der Waals surface area contributed by atoms with E-state index in [2.05, 4.69) is 4.98 Å². The highest BCUT2D eigenvalue weighted by Crippen LogP contribution is 2.14. The van der Waals surface area contributed by atoms with Crippen molar-refractivity contribution < 1.29 is 15.3 Å². The average molecular weight is 183 g/mol. The predicted octanol–water partition coefficient (Wildman–Crippen LogP) is -0.223. The third-order valence-corrected chi connectivity index (χ3v) is 1.79. The van der Waals surface area contributed by atoms with Crippen LogP contribution in [0.3, 0.4) is 0 Å². The minimum Gasteiger partial charge on any atom is -0.394 e. The van der Waals surface area contributed by atoms with Gasteiger partial charge >= 0.3 is 0 Å². The summed E-state index contributed by atoms with van der Waals surface area (Å²) < 4.78 is 0. The van der Waals surface area contributed by atoms with Crippen molar-refractivity contribution in [3.05, 3.63) is 29.6 Å². The quantitative estimate of drug-likeness (QED) is 0.605. The van der Waals surface area contributed by atoms with E-state index in [0.717, 1.165) is 5.56 Å². The Labute approximate surface area is 76.5 Å². The van der Waals surface area contributed by atoms with Crippen LogP contribution in [0, 0.1) is 6.92 Å². The lowest BCUT2D eigenvalue weighted by Crippen LogP contribution is -2.22. The maximum Gasteiger partial charge on any atom is 0.124 e. The van der Waals surface area contributed by atoms with Gasteiger partial charge in [0.25, 0.3) is 0 Å². The molecule has 0 saturated carbocycles. The van der Waals surface area contributed by atoms with Crippen LogP contribution in [-0.4, -0.2) is 33.0 Å². The molecule has 2 unspecified atom stereocenters. The number of hydrogen-bond acceptors (Lipinski definition) is 4. The fourth-order valence-corrected chi connectivity index (χ4v) is 1.02. The molecule has 3 N–H and O–H groups in total. The zero-order valence-corrected chi connectivity index (χ0v) is 7.38. The van der Waals surface area contributed by atoms with E-state index in [1.807, 2.05) is 6.92 Å². The molecule has 0 fully saturated rings. The molecule has 0 aromatic carbocycles. The Bertz CT molecular complexity index is 277. The maximum atomic E-state index is 9.44. The van der Waals surface area contributed by atoms with Crippen LogP contribution in [0.25, 0.3) is 0 Å². The predicted molar refractivity (Wildman–Crippen MR) is 47.0 cm³/mol. The Morgan fingerprint density at radius 3 is 2.69 bits per heavy atom. The van der Waals surface area contributed by atoms with Crippen molar-refractivity contribution in [2.24, 2.45) is 0 Å². The highest BCUT2D eigenvalue weighted by Gasteiger charge is 2.18. The van der Waals surface area contributed by atoms with Crippen LogP contribution in [0.1, 0.15) is 17.4 Å². The third kappa shape index (κ3) is 2.48. The summed E-state index contributed by atoms with van der Waals surface area (Å²) in [6.07, 6.45) is -0.739. The number of aryl methyl sites for hydroxylation is 1. The van der Waals surface area contributed by atoms with Gasteiger partial charge < -0.3 is 15.3 Å². The monoisotopic (exact) mass is 183 g/mol. The van der Waals surface area contributed by atoms with Gasteiger partial charge in [-0.15, -0.1) is 0 Å². The summed E-state index contributed by atoms with van der Waals surface area (Å²) in [4.78, 5) is 3.89. The van der Waals surface area contributed by atoms with E-state index in [4.69, 9.17) is 10.2 Å². The van der Waals surface area contributed by atoms with Crippen LogP contribution in [0.4, 0.5) is 0 Å². The number of aromatic nitrogens is 1. The smallest absolute Gasteiger partial charge is 0.124 e. The van der Waals surface area contributed by atoms with Crippen LogP contribution in [-0.2, 0) is 0 Å². The Hall–Kier alpha value is -0.970. The molecule has 0 spiro atoms. The van der Waals surface area contributed by atoms with E-state index in [-0.39, 0.29) is 0 Å². The first-order valence-electron chi connectivity index (χ1n) is 4.04. The lowest BCUT2D eigenvalue weighted by molar-refractivity contribution is -0.0173. The molecule has 1 rings (SSSR count). The van der Waals surface area contributed by atoms with Gasteiger partial charge in [-0.3, -0.25) is 4.98 Å². The zero-order valence-electron chi connectivity index (χ0n) is 7.38. The minimum absolute atomic E-state index is 0.376. The summed E-state index contributed by atoms with van der Waals surface area (Å²) in [7, 11) is 0. The van der Waals surface area contributed by atoms with E-state index >= 15 is 0 Å². The van der Waals surface area contributed by atoms with Crippen molar-refractivity contribution in [3.8, 4) is 0 Å². The van der Waals surface area contributed by atoms with Gasteiger partial charge in [-0.05, 0) is 24.6 Å². The Morgan fingerprint density at radius 1 is 1.46 bits per heavy atom. The van der Waals surface area contributed by atoms with E-state index < -0.39 is 18.8 Å². The molecule has 1 aromatic heterocycles. The van der Waals surface area contributed by atoms with Gasteiger partial charge in [0.05, 0.1) is 12.3 Å². The number of hydrogen-bond donors (Lipinski definition) is 3. The molecule has 4 heteroatoms. The number of aliphatic hydroxyl groups is 3. The van der Waals surface area contributed by atoms with E-state index in [1.165, 1.54) is 0 Å². The number of rotatable bonds is 3. The second kappa shape index (κ2) is 4.32. The first kappa shape index (κ1) is 10.1. The van der Waals surface area contributed by atoms with Gasteiger partial charge in [-0.1, -0.05) is 0 Å². The summed E-state index contributed by atoms with van der Waals surface area (Å²) in [6, 6.07) is 3.46. The molecule has 0 saturated heterocycles. The molecular weight excluding hydrogens is 170 g/mol. The molecule has 0 aliphatic carbocycles. The van der Waals surface area contributed by atoms with Crippen molar-refractivity contribution >= 4 is 0 Å². The van der Waals surface area contributed by atoms with Crippen LogP contribution < -0.4 is 0 Å². The molecule has 13 heavy (non-hydrogen) atoms. The van der Waals surface area contributed by atoms with Gasteiger partial charge in [0.1, 0.15) is 12.2 Å². The van der Waals surface area contributed by atoms with Gasteiger partial charge in [-0.2, -0.15) is 0 Å². The molecule has 4 nitrogen and oxygen atoms in total. The Balaban J connectivity index is 2.82. The molecule has 2 atom stereocenters. The summed E-state index contributed by atoms with van der Waals surface area (Å²) >= 11 is 0. The lowest BCUT2D eigenvalue weighted by atomic mass is 10.1. The largest absolute Gasteiger partial charge is 0.394 e. The molecule has 0 aliphatic heterocycles. The Kier molecular flexibility index (Phi) is 3.36. The Morgan fingerprint density at radius 2 is 2.15 bits per heavy atom. The number of pyridine rings is 1. The summed E-state index contributed by atoms with van der Waals surface area (Å²) in [5, 5.41) is 27.2. The fraction of sp³-hybridized carbons (Fsp3) is 0.444. The van der Waals surface area contributed by atoms with Crippen molar-refractivity contribution in [3.63, 3.8) is 0 Å². The van der Waals surface area contributed by atoms with Gasteiger partial charge in [0, 0.05) is 6.20 Å². The van der Waals surface area contributed by atoms with Gasteiger partial charge in [0.15, 0.2) is 0 Å². The van der Waals surface area contributed by atoms with Gasteiger partial charge in [-0.25, -0.2) is 0 Å². The van der Waals surface area contributed by atoms with Crippen molar-refractivity contribution in [1.29, 1.82) is 0 Å². The average Bonchev–Trinajstić information content (AvgIpc) is 2.15. The SMILES string of the molecule is Cc1ccnc(C(O)C(O)CO)c1. The number of aliphatic hydroxyl groups excluding tert-OH is 3. The van der Waals surface area contributed by atoms with Crippen molar-refractivity contribution in [2.75, 3.05) is 6.61 Å². The third-order valence-electron chi connectivity index (χ3n) is 1.79. The molecule has 1 heterocycles. The van der Waals surface area contributed by atoms with Gasteiger partial charge in [0.2, 0.25) is 0 Å².